The van der Waals surface area contributed by atoms with E-state index in [-0.39, 0.29) is 0 Å². The van der Waals surface area contributed by atoms with Crippen LogP contribution in [0.1, 0.15) is 5.56 Å². The molecule has 0 radical (unpaired) electrons. The summed E-state index contributed by atoms with van der Waals surface area (Å²) in [6.07, 6.45) is 0. The number of hydrogen-bond donors (Lipinski definition) is 0. The number of hydrogen-bond acceptors (Lipinski definition) is 6. The van der Waals surface area contributed by atoms with Crippen LogP contribution in [0.4, 0.5) is 0 Å². The van der Waals surface area contributed by atoms with Crippen molar-refractivity contribution in [1.82, 2.24) is 9.88 Å². The number of para-hydroxylation sites is 1. The van der Waals surface area contributed by atoms with Gasteiger partial charge in [-0.1, -0.05) is 30.0 Å². The maximum atomic E-state index is 5.42. The Bertz CT molecular complexity index is 759. The number of aryl methyl sites for hydroxylation is 1. The first-order chi connectivity index (χ1) is 11.8. The minimum atomic E-state index is 0.543. The molecule has 3 heterocycles. The zero-order chi connectivity index (χ0) is 16.4. The molecule has 2 aromatic rings. The van der Waals surface area contributed by atoms with Gasteiger partial charge in [0.1, 0.15) is 0 Å². The van der Waals surface area contributed by atoms with Crippen LogP contribution in [0.25, 0.3) is 10.9 Å². The third kappa shape index (κ3) is 3.55. The van der Waals surface area contributed by atoms with Crippen LogP contribution in [-0.4, -0.2) is 58.9 Å². The molecule has 1 fully saturated rings. The zero-order valence-electron chi connectivity index (χ0n) is 13.8. The van der Waals surface area contributed by atoms with E-state index in [1.165, 1.54) is 16.1 Å². The van der Waals surface area contributed by atoms with Gasteiger partial charge in [0.05, 0.1) is 30.3 Å². The van der Waals surface area contributed by atoms with Crippen LogP contribution in [0.15, 0.2) is 40.4 Å². The number of amidine groups is 1. The maximum absolute atomic E-state index is 5.42. The highest BCUT2D eigenvalue weighted by Crippen LogP contribution is 2.30. The summed E-state index contributed by atoms with van der Waals surface area (Å²) >= 11 is 3.76. The van der Waals surface area contributed by atoms with Gasteiger partial charge in [0.2, 0.25) is 0 Å². The molecule has 0 spiro atoms. The van der Waals surface area contributed by atoms with Crippen molar-refractivity contribution in [2.24, 2.45) is 4.99 Å². The molecule has 2 aliphatic heterocycles. The lowest BCUT2D eigenvalue weighted by molar-refractivity contribution is 0.0693. The average Bonchev–Trinajstić information content (AvgIpc) is 3.10. The van der Waals surface area contributed by atoms with Crippen LogP contribution in [0.5, 0.6) is 0 Å². The lowest BCUT2D eigenvalue weighted by Gasteiger charge is -2.28. The van der Waals surface area contributed by atoms with Crippen LogP contribution in [0, 0.1) is 6.92 Å². The molecule has 0 N–H and O–H groups in total. The second-order valence-corrected chi connectivity index (χ2v) is 8.38. The molecule has 1 aromatic carbocycles. The van der Waals surface area contributed by atoms with Gasteiger partial charge in [-0.15, -0.1) is 11.8 Å². The number of benzene rings is 1. The third-order valence-electron chi connectivity index (χ3n) is 4.30. The van der Waals surface area contributed by atoms with Gasteiger partial charge >= 0.3 is 0 Å². The van der Waals surface area contributed by atoms with E-state index in [2.05, 4.69) is 42.2 Å². The Kier molecular flexibility index (Phi) is 4.96. The summed E-state index contributed by atoms with van der Waals surface area (Å²) in [7, 11) is 0. The normalized spacial score (nSPS) is 21.3. The minimum Gasteiger partial charge on any atom is -0.378 e. The van der Waals surface area contributed by atoms with Crippen LogP contribution in [0.3, 0.4) is 0 Å². The van der Waals surface area contributed by atoms with E-state index in [0.29, 0.717) is 5.25 Å². The molecule has 0 unspecified atom stereocenters. The minimum absolute atomic E-state index is 0.543. The smallest absolute Gasteiger partial charge is 0.159 e. The third-order valence-corrected chi connectivity index (χ3v) is 6.83. The Hall–Kier alpha value is -1.24. The summed E-state index contributed by atoms with van der Waals surface area (Å²) in [5.41, 5.74) is 2.39. The Labute approximate surface area is 151 Å². The fourth-order valence-electron chi connectivity index (χ4n) is 2.99. The maximum Gasteiger partial charge on any atom is 0.159 e. The molecule has 4 nitrogen and oxygen atoms in total. The van der Waals surface area contributed by atoms with E-state index in [4.69, 9.17) is 14.7 Å². The zero-order valence-corrected chi connectivity index (χ0v) is 15.4. The fourth-order valence-corrected chi connectivity index (χ4v) is 5.28. The average molecular weight is 360 g/mol. The number of aliphatic imine (C=N–C) groups is 1. The van der Waals surface area contributed by atoms with Crippen molar-refractivity contribution >= 4 is 39.6 Å². The number of pyridine rings is 1. The summed E-state index contributed by atoms with van der Waals surface area (Å²) in [5.74, 6) is 1.05. The van der Waals surface area contributed by atoms with Crippen molar-refractivity contribution in [3.05, 3.63) is 35.9 Å². The lowest BCUT2D eigenvalue weighted by atomic mass is 10.1. The first kappa shape index (κ1) is 16.2. The van der Waals surface area contributed by atoms with Gasteiger partial charge < -0.3 is 9.64 Å². The molecule has 0 amide bonds. The Balaban J connectivity index is 1.36. The summed E-state index contributed by atoms with van der Waals surface area (Å²) in [5, 5.41) is 4.11. The molecule has 0 bridgehead atoms. The number of aromatic nitrogens is 1. The second-order valence-electron chi connectivity index (χ2n) is 6.07. The molecule has 4 rings (SSSR count). The molecule has 6 heteroatoms. The molecular formula is C18H21N3OS2. The standard InChI is InChI=1S/C18H21N3OS2/c1-13-10-17(20-16-5-3-2-4-15(13)16)23-12-14-11-19-18(24-14)21-6-8-22-9-7-21/h2-5,10,14H,6-9,11-12H2,1H3/t14-/m0/s1. The van der Waals surface area contributed by atoms with Crippen LogP contribution in [-0.2, 0) is 4.74 Å². The van der Waals surface area contributed by atoms with Gasteiger partial charge in [0, 0.05) is 29.5 Å². The van der Waals surface area contributed by atoms with Crippen LogP contribution in [0.2, 0.25) is 0 Å². The van der Waals surface area contributed by atoms with Crippen LogP contribution < -0.4 is 0 Å². The van der Waals surface area contributed by atoms with Gasteiger partial charge in [-0.25, -0.2) is 4.98 Å². The summed E-state index contributed by atoms with van der Waals surface area (Å²) in [6.45, 7) is 6.65. The molecule has 0 saturated carbocycles. The number of fused-ring (bicyclic) bond motifs is 1. The first-order valence-corrected chi connectivity index (χ1v) is 10.2. The second kappa shape index (κ2) is 7.33. The van der Waals surface area contributed by atoms with Crippen molar-refractivity contribution in [1.29, 1.82) is 0 Å². The summed E-state index contributed by atoms with van der Waals surface area (Å²) in [4.78, 5) is 11.9. The number of ether oxygens (including phenoxy) is 1. The highest BCUT2D eigenvalue weighted by atomic mass is 32.2. The van der Waals surface area contributed by atoms with Crippen molar-refractivity contribution in [3.63, 3.8) is 0 Å². The van der Waals surface area contributed by atoms with Crippen molar-refractivity contribution < 1.29 is 4.74 Å². The molecular weight excluding hydrogens is 338 g/mol. The molecule has 1 saturated heterocycles. The topological polar surface area (TPSA) is 37.7 Å². The molecule has 1 aromatic heterocycles. The molecule has 2 aliphatic rings. The largest absolute Gasteiger partial charge is 0.378 e. The van der Waals surface area contributed by atoms with Gasteiger partial charge in [-0.05, 0) is 24.6 Å². The molecule has 1 atom stereocenters. The Morgan fingerprint density at radius 1 is 1.29 bits per heavy atom. The van der Waals surface area contributed by atoms with Crippen molar-refractivity contribution in [2.45, 2.75) is 17.2 Å². The van der Waals surface area contributed by atoms with E-state index in [9.17, 15) is 0 Å². The predicted molar refractivity (Wildman–Crippen MR) is 103 cm³/mol. The first-order valence-electron chi connectivity index (χ1n) is 8.32. The van der Waals surface area contributed by atoms with Gasteiger partial charge in [0.25, 0.3) is 0 Å². The SMILES string of the molecule is Cc1cc(SC[C@@H]2CN=C(N3CCOCC3)S2)nc2ccccc12. The van der Waals surface area contributed by atoms with E-state index in [1.54, 1.807) is 0 Å². The highest BCUT2D eigenvalue weighted by Gasteiger charge is 2.25. The van der Waals surface area contributed by atoms with E-state index >= 15 is 0 Å². The summed E-state index contributed by atoms with van der Waals surface area (Å²) < 4.78 is 5.42. The number of rotatable bonds is 3. The fraction of sp³-hybridized carbons (Fsp3) is 0.444. The predicted octanol–water partition coefficient (Wildman–Crippen LogP) is 3.44. The monoisotopic (exact) mass is 359 g/mol. The van der Waals surface area contributed by atoms with Crippen LogP contribution >= 0.6 is 23.5 Å². The van der Waals surface area contributed by atoms with Gasteiger partial charge in [-0.2, -0.15) is 0 Å². The number of thioether (sulfide) groups is 2. The molecule has 24 heavy (non-hydrogen) atoms. The Morgan fingerprint density at radius 3 is 3.00 bits per heavy atom. The molecule has 126 valence electrons. The lowest BCUT2D eigenvalue weighted by Crippen LogP contribution is -2.39. The van der Waals surface area contributed by atoms with Crippen molar-refractivity contribution in [3.8, 4) is 0 Å². The highest BCUT2D eigenvalue weighted by molar-refractivity contribution is 8.15. The van der Waals surface area contributed by atoms with E-state index < -0.39 is 0 Å². The number of nitrogens with zero attached hydrogens (tertiary/aromatic N) is 3. The number of morpholine rings is 1. The van der Waals surface area contributed by atoms with Gasteiger partial charge in [-0.3, -0.25) is 4.99 Å². The van der Waals surface area contributed by atoms with Gasteiger partial charge in [0.15, 0.2) is 5.17 Å². The summed E-state index contributed by atoms with van der Waals surface area (Å²) in [6, 6.07) is 10.6. The van der Waals surface area contributed by atoms with E-state index in [0.717, 1.165) is 49.1 Å². The van der Waals surface area contributed by atoms with E-state index in [1.807, 2.05) is 23.5 Å². The Morgan fingerprint density at radius 2 is 2.12 bits per heavy atom. The molecule has 0 aliphatic carbocycles. The van der Waals surface area contributed by atoms with Crippen molar-refractivity contribution in [2.75, 3.05) is 38.6 Å². The quantitative estimate of drug-likeness (QED) is 0.785.